The maximum absolute atomic E-state index is 14.3. The molecule has 0 aliphatic carbocycles. The molecule has 1 nitrogen and oxygen atoms in total. The second-order valence-electron chi connectivity index (χ2n) is 7.75. The van der Waals surface area contributed by atoms with Crippen LogP contribution < -0.4 is 4.74 Å². The molecule has 0 amide bonds. The SMILES string of the molecule is C#CC(CCC(C)(C)c1ccc(Cl)cc1)c1ccc(F)c(Oc2ccccc2)c1. The molecule has 0 aliphatic rings. The maximum Gasteiger partial charge on any atom is 0.165 e. The van der Waals surface area contributed by atoms with Crippen LogP contribution >= 0.6 is 11.6 Å². The molecule has 0 aromatic heterocycles. The lowest BCUT2D eigenvalue weighted by atomic mass is 9.78. The molecule has 0 saturated carbocycles. The summed E-state index contributed by atoms with van der Waals surface area (Å²) in [6, 6.07) is 22.0. The fourth-order valence-electron chi connectivity index (χ4n) is 3.33. The van der Waals surface area contributed by atoms with E-state index in [1.165, 1.54) is 11.6 Å². The summed E-state index contributed by atoms with van der Waals surface area (Å²) < 4.78 is 20.0. The minimum absolute atomic E-state index is 0.0525. The summed E-state index contributed by atoms with van der Waals surface area (Å²) in [7, 11) is 0. The quantitative estimate of drug-likeness (QED) is 0.364. The molecular weight excluding hydrogens is 383 g/mol. The van der Waals surface area contributed by atoms with Gasteiger partial charge in [-0.05, 0) is 65.8 Å². The van der Waals surface area contributed by atoms with Crippen LogP contribution in [0.3, 0.4) is 0 Å². The molecule has 0 N–H and O–H groups in total. The smallest absolute Gasteiger partial charge is 0.165 e. The van der Waals surface area contributed by atoms with Crippen molar-refractivity contribution in [1.29, 1.82) is 0 Å². The number of para-hydroxylation sites is 1. The zero-order valence-corrected chi connectivity index (χ0v) is 17.4. The Morgan fingerprint density at radius 2 is 1.72 bits per heavy atom. The molecule has 0 aliphatic heterocycles. The lowest BCUT2D eigenvalue weighted by molar-refractivity contribution is 0.437. The van der Waals surface area contributed by atoms with Crippen LogP contribution in [0.4, 0.5) is 4.39 Å². The summed E-state index contributed by atoms with van der Waals surface area (Å²) in [6.07, 6.45) is 7.50. The fraction of sp³-hybridized carbons (Fsp3) is 0.231. The van der Waals surface area contributed by atoms with Gasteiger partial charge in [0, 0.05) is 10.9 Å². The molecule has 0 fully saturated rings. The summed E-state index contributed by atoms with van der Waals surface area (Å²) in [5.74, 6) is 3.10. The van der Waals surface area contributed by atoms with Crippen LogP contribution in [0.2, 0.25) is 5.02 Å². The van der Waals surface area contributed by atoms with E-state index in [9.17, 15) is 4.39 Å². The van der Waals surface area contributed by atoms with Crippen LogP contribution in [-0.4, -0.2) is 0 Å². The Balaban J connectivity index is 1.75. The van der Waals surface area contributed by atoms with Gasteiger partial charge in [-0.1, -0.05) is 67.8 Å². The number of hydrogen-bond acceptors (Lipinski definition) is 1. The van der Waals surface area contributed by atoms with E-state index in [2.05, 4.69) is 31.9 Å². The van der Waals surface area contributed by atoms with E-state index in [0.29, 0.717) is 5.75 Å². The highest BCUT2D eigenvalue weighted by molar-refractivity contribution is 6.30. The molecule has 0 heterocycles. The van der Waals surface area contributed by atoms with Crippen LogP contribution in [0.5, 0.6) is 11.5 Å². The zero-order valence-electron chi connectivity index (χ0n) is 16.7. The van der Waals surface area contributed by atoms with Crippen LogP contribution in [0.25, 0.3) is 0 Å². The Bertz CT molecular complexity index is 987. The van der Waals surface area contributed by atoms with E-state index in [-0.39, 0.29) is 17.1 Å². The highest BCUT2D eigenvalue weighted by Gasteiger charge is 2.23. The Morgan fingerprint density at radius 3 is 2.38 bits per heavy atom. The minimum Gasteiger partial charge on any atom is -0.454 e. The number of hydrogen-bond donors (Lipinski definition) is 0. The predicted octanol–water partition coefficient (Wildman–Crippen LogP) is 7.75. The third kappa shape index (κ3) is 5.40. The van der Waals surface area contributed by atoms with Crippen molar-refractivity contribution in [2.75, 3.05) is 0 Å². The lowest BCUT2D eigenvalue weighted by Crippen LogP contribution is -2.18. The Labute approximate surface area is 177 Å². The van der Waals surface area contributed by atoms with Gasteiger partial charge < -0.3 is 4.74 Å². The Kier molecular flexibility index (Phi) is 6.62. The van der Waals surface area contributed by atoms with Gasteiger partial charge in [-0.15, -0.1) is 6.42 Å². The third-order valence-electron chi connectivity index (χ3n) is 5.21. The number of rotatable bonds is 7. The van der Waals surface area contributed by atoms with Gasteiger partial charge in [0.2, 0.25) is 0 Å². The number of benzene rings is 3. The molecule has 3 heteroatoms. The fourth-order valence-corrected chi connectivity index (χ4v) is 3.45. The van der Waals surface area contributed by atoms with Crippen molar-refractivity contribution in [3.63, 3.8) is 0 Å². The first-order valence-corrected chi connectivity index (χ1v) is 10.0. The molecule has 0 spiro atoms. The first kappa shape index (κ1) is 21.0. The van der Waals surface area contributed by atoms with Crippen LogP contribution in [-0.2, 0) is 5.41 Å². The minimum atomic E-state index is -0.408. The maximum atomic E-state index is 14.3. The number of ether oxygens (including phenoxy) is 1. The van der Waals surface area contributed by atoms with E-state index in [0.717, 1.165) is 23.4 Å². The highest BCUT2D eigenvalue weighted by Crippen LogP contribution is 2.35. The molecule has 148 valence electrons. The van der Waals surface area contributed by atoms with E-state index in [1.807, 2.05) is 30.3 Å². The van der Waals surface area contributed by atoms with Crippen LogP contribution in [0.15, 0.2) is 72.8 Å². The monoisotopic (exact) mass is 406 g/mol. The standard InChI is InChI=1S/C26H24ClFO/c1-4-19(16-17-26(2,3)21-11-13-22(27)14-12-21)20-10-15-24(28)25(18-20)29-23-8-6-5-7-9-23/h1,5-15,18-19H,16-17H2,2-3H3. The summed E-state index contributed by atoms with van der Waals surface area (Å²) >= 11 is 6.01. The van der Waals surface area contributed by atoms with Gasteiger partial charge >= 0.3 is 0 Å². The first-order valence-electron chi connectivity index (χ1n) is 9.63. The van der Waals surface area contributed by atoms with Gasteiger partial charge in [0.05, 0.1) is 0 Å². The van der Waals surface area contributed by atoms with Gasteiger partial charge in [-0.2, -0.15) is 0 Å². The van der Waals surface area contributed by atoms with Crippen molar-refractivity contribution in [3.05, 3.63) is 94.8 Å². The second kappa shape index (κ2) is 9.16. The molecule has 0 bridgehead atoms. The van der Waals surface area contributed by atoms with E-state index >= 15 is 0 Å². The van der Waals surface area contributed by atoms with Crippen molar-refractivity contribution < 1.29 is 9.13 Å². The zero-order chi connectivity index (χ0) is 20.9. The topological polar surface area (TPSA) is 9.23 Å². The molecule has 0 saturated heterocycles. The van der Waals surface area contributed by atoms with E-state index < -0.39 is 5.82 Å². The summed E-state index contributed by atoms with van der Waals surface area (Å²) in [6.45, 7) is 4.39. The largest absolute Gasteiger partial charge is 0.454 e. The number of halogens is 2. The van der Waals surface area contributed by atoms with Crippen LogP contribution in [0, 0.1) is 18.2 Å². The average molecular weight is 407 g/mol. The van der Waals surface area contributed by atoms with Gasteiger partial charge in [-0.3, -0.25) is 0 Å². The Hall–Kier alpha value is -2.76. The number of terminal acetylenes is 1. The highest BCUT2D eigenvalue weighted by atomic mass is 35.5. The van der Waals surface area contributed by atoms with Crippen LogP contribution in [0.1, 0.15) is 43.7 Å². The summed E-state index contributed by atoms with van der Waals surface area (Å²) in [4.78, 5) is 0. The summed E-state index contributed by atoms with van der Waals surface area (Å²) in [5.41, 5.74) is 2.04. The van der Waals surface area contributed by atoms with Gasteiger partial charge in [0.1, 0.15) is 5.75 Å². The molecule has 0 radical (unpaired) electrons. The molecule has 3 aromatic carbocycles. The van der Waals surface area contributed by atoms with E-state index in [1.54, 1.807) is 24.3 Å². The van der Waals surface area contributed by atoms with Gasteiger partial charge in [0.15, 0.2) is 11.6 Å². The molecule has 3 rings (SSSR count). The summed E-state index contributed by atoms with van der Waals surface area (Å²) in [5, 5.41) is 0.725. The predicted molar refractivity (Wildman–Crippen MR) is 118 cm³/mol. The van der Waals surface area contributed by atoms with Crippen molar-refractivity contribution in [3.8, 4) is 23.8 Å². The molecule has 3 aromatic rings. The molecular formula is C26H24ClFO. The van der Waals surface area contributed by atoms with Crippen molar-refractivity contribution >= 4 is 11.6 Å². The Morgan fingerprint density at radius 1 is 1.03 bits per heavy atom. The van der Waals surface area contributed by atoms with Crippen molar-refractivity contribution in [2.45, 2.75) is 38.0 Å². The normalized spacial score (nSPS) is 12.2. The first-order chi connectivity index (χ1) is 13.9. The van der Waals surface area contributed by atoms with Gasteiger partial charge in [-0.25, -0.2) is 4.39 Å². The molecule has 1 unspecified atom stereocenters. The van der Waals surface area contributed by atoms with Gasteiger partial charge in [0.25, 0.3) is 0 Å². The second-order valence-corrected chi connectivity index (χ2v) is 8.19. The molecule has 29 heavy (non-hydrogen) atoms. The van der Waals surface area contributed by atoms with E-state index in [4.69, 9.17) is 22.8 Å². The third-order valence-corrected chi connectivity index (χ3v) is 5.47. The lowest BCUT2D eigenvalue weighted by Gasteiger charge is -2.27. The molecule has 1 atom stereocenters. The van der Waals surface area contributed by atoms with Crippen molar-refractivity contribution in [2.24, 2.45) is 0 Å². The average Bonchev–Trinajstić information content (AvgIpc) is 2.72. The van der Waals surface area contributed by atoms with Crippen molar-refractivity contribution in [1.82, 2.24) is 0 Å².